The van der Waals surface area contributed by atoms with E-state index in [4.69, 9.17) is 11.6 Å². The van der Waals surface area contributed by atoms with Gasteiger partial charge in [0.25, 0.3) is 0 Å². The molecule has 0 spiro atoms. The number of tetrazole rings is 1. The molecule has 0 aliphatic heterocycles. The summed E-state index contributed by atoms with van der Waals surface area (Å²) in [6.45, 7) is 7.91. The first-order chi connectivity index (χ1) is 14.9. The van der Waals surface area contributed by atoms with Crippen LogP contribution in [0.2, 0.25) is 5.02 Å². The van der Waals surface area contributed by atoms with Gasteiger partial charge in [0.15, 0.2) is 5.82 Å². The number of nitrogens with zero attached hydrogens (tertiary/aromatic N) is 5. The minimum atomic E-state index is -0.245. The molecule has 31 heavy (non-hydrogen) atoms. The van der Waals surface area contributed by atoms with Gasteiger partial charge in [-0.25, -0.2) is 4.68 Å². The molecule has 1 atom stereocenters. The summed E-state index contributed by atoms with van der Waals surface area (Å²) in [5.74, 6) is 0.822. The number of aromatic nitrogens is 4. The molecule has 5 nitrogen and oxygen atoms in total. The largest absolute Gasteiger partial charge is 0.280 e. The van der Waals surface area contributed by atoms with E-state index in [0.717, 1.165) is 24.5 Å². The molecule has 0 bridgehead atoms. The predicted octanol–water partition coefficient (Wildman–Crippen LogP) is 5.93. The molecule has 2 heterocycles. The van der Waals surface area contributed by atoms with Crippen LogP contribution in [0.4, 0.5) is 0 Å². The van der Waals surface area contributed by atoms with Crippen LogP contribution in [0.5, 0.6) is 0 Å². The van der Waals surface area contributed by atoms with Crippen LogP contribution in [0.3, 0.4) is 0 Å². The lowest BCUT2D eigenvalue weighted by Gasteiger charge is -2.33. The minimum absolute atomic E-state index is 0.131. The molecule has 2 aromatic carbocycles. The van der Waals surface area contributed by atoms with Crippen molar-refractivity contribution in [3.05, 3.63) is 99.0 Å². The van der Waals surface area contributed by atoms with Gasteiger partial charge >= 0.3 is 0 Å². The summed E-state index contributed by atoms with van der Waals surface area (Å²) in [5.41, 5.74) is 2.11. The molecule has 0 radical (unpaired) electrons. The molecule has 2 aromatic heterocycles. The number of rotatable bonds is 7. The summed E-state index contributed by atoms with van der Waals surface area (Å²) in [6.07, 6.45) is 0. The molecule has 0 aliphatic carbocycles. The third kappa shape index (κ3) is 5.21. The molecule has 0 unspecified atom stereocenters. The fraction of sp³-hybridized carbons (Fsp3) is 0.292. The number of benzene rings is 2. The van der Waals surface area contributed by atoms with Gasteiger partial charge in [-0.2, -0.15) is 0 Å². The predicted molar refractivity (Wildman–Crippen MR) is 126 cm³/mol. The van der Waals surface area contributed by atoms with Crippen molar-refractivity contribution in [1.82, 2.24) is 25.1 Å². The molecule has 0 aliphatic rings. The van der Waals surface area contributed by atoms with E-state index in [1.54, 1.807) is 11.3 Å². The van der Waals surface area contributed by atoms with Crippen molar-refractivity contribution >= 4 is 22.9 Å². The Morgan fingerprint density at radius 1 is 0.968 bits per heavy atom. The second kappa shape index (κ2) is 9.30. The van der Waals surface area contributed by atoms with Gasteiger partial charge in [-0.05, 0) is 65.9 Å². The summed E-state index contributed by atoms with van der Waals surface area (Å²) >= 11 is 7.97. The van der Waals surface area contributed by atoms with E-state index >= 15 is 0 Å². The Morgan fingerprint density at radius 2 is 1.71 bits per heavy atom. The number of hydrogen-bond acceptors (Lipinski definition) is 5. The van der Waals surface area contributed by atoms with E-state index in [0.29, 0.717) is 5.02 Å². The molecule has 0 N–H and O–H groups in total. The first kappa shape index (κ1) is 21.7. The van der Waals surface area contributed by atoms with Crippen molar-refractivity contribution < 1.29 is 0 Å². The fourth-order valence-electron chi connectivity index (χ4n) is 3.67. The highest BCUT2D eigenvalue weighted by Crippen LogP contribution is 2.33. The van der Waals surface area contributed by atoms with Crippen molar-refractivity contribution in [2.75, 3.05) is 0 Å². The van der Waals surface area contributed by atoms with Crippen molar-refractivity contribution in [3.8, 4) is 0 Å². The monoisotopic (exact) mass is 451 g/mol. The Morgan fingerprint density at radius 3 is 2.35 bits per heavy atom. The Balaban J connectivity index is 1.83. The second-order valence-corrected chi connectivity index (χ2v) is 10.0. The zero-order chi connectivity index (χ0) is 21.8. The van der Waals surface area contributed by atoms with E-state index in [9.17, 15) is 0 Å². The molecular weight excluding hydrogens is 426 g/mol. The van der Waals surface area contributed by atoms with Crippen molar-refractivity contribution in [3.63, 3.8) is 0 Å². The van der Waals surface area contributed by atoms with Gasteiger partial charge in [-0.15, -0.1) is 16.4 Å². The van der Waals surface area contributed by atoms with Gasteiger partial charge in [0.1, 0.15) is 0 Å². The lowest BCUT2D eigenvalue weighted by molar-refractivity contribution is 0.187. The number of thiophene rings is 1. The minimum Gasteiger partial charge on any atom is -0.280 e. The molecule has 0 saturated carbocycles. The van der Waals surface area contributed by atoms with E-state index in [1.165, 1.54) is 10.4 Å². The van der Waals surface area contributed by atoms with Crippen LogP contribution in [-0.4, -0.2) is 25.1 Å². The van der Waals surface area contributed by atoms with Crippen LogP contribution < -0.4 is 0 Å². The molecule has 4 rings (SSSR count). The third-order valence-electron chi connectivity index (χ3n) is 5.09. The van der Waals surface area contributed by atoms with Gasteiger partial charge < -0.3 is 0 Å². The average Bonchev–Trinajstić information content (AvgIpc) is 3.42. The SMILES string of the molecule is CC(C)(C)n1nnnc1[C@H](c1ccc(Cl)cc1)N(Cc1ccccc1)Cc1cccs1. The Hall–Kier alpha value is -2.54. The maximum atomic E-state index is 6.21. The maximum absolute atomic E-state index is 6.21. The summed E-state index contributed by atoms with van der Waals surface area (Å²) in [6, 6.07) is 22.7. The smallest absolute Gasteiger partial charge is 0.173 e. The molecule has 0 amide bonds. The van der Waals surface area contributed by atoms with Gasteiger partial charge in [0.05, 0.1) is 11.6 Å². The molecule has 0 saturated heterocycles. The van der Waals surface area contributed by atoms with Gasteiger partial charge in [-0.1, -0.05) is 60.1 Å². The zero-order valence-electron chi connectivity index (χ0n) is 17.9. The molecule has 4 aromatic rings. The van der Waals surface area contributed by atoms with E-state index in [1.807, 2.05) is 22.9 Å². The summed E-state index contributed by atoms with van der Waals surface area (Å²) in [4.78, 5) is 3.72. The molecule has 7 heteroatoms. The average molecular weight is 452 g/mol. The standard InChI is InChI=1S/C24H26ClN5S/c1-24(2,3)30-23(26-27-28-30)22(19-11-13-20(25)14-12-19)29(17-21-10-7-15-31-21)16-18-8-5-4-6-9-18/h4-15,22H,16-17H2,1-3H3/t22-/m0/s1. The topological polar surface area (TPSA) is 46.8 Å². The normalized spacial score (nSPS) is 12.9. The summed E-state index contributed by atoms with van der Waals surface area (Å²) in [7, 11) is 0. The number of hydrogen-bond donors (Lipinski definition) is 0. The third-order valence-corrected chi connectivity index (χ3v) is 6.21. The van der Waals surface area contributed by atoms with Crippen LogP contribution in [0, 0.1) is 0 Å². The van der Waals surface area contributed by atoms with Gasteiger partial charge in [0.2, 0.25) is 0 Å². The van der Waals surface area contributed by atoms with Gasteiger partial charge in [0, 0.05) is 23.0 Å². The van der Waals surface area contributed by atoms with E-state index < -0.39 is 0 Å². The summed E-state index contributed by atoms with van der Waals surface area (Å²) in [5, 5.41) is 15.7. The highest BCUT2D eigenvalue weighted by Gasteiger charge is 2.31. The zero-order valence-corrected chi connectivity index (χ0v) is 19.5. The van der Waals surface area contributed by atoms with Gasteiger partial charge in [-0.3, -0.25) is 4.90 Å². The van der Waals surface area contributed by atoms with Crippen LogP contribution in [0.25, 0.3) is 0 Å². The van der Waals surface area contributed by atoms with Crippen LogP contribution in [0.15, 0.2) is 72.1 Å². The van der Waals surface area contributed by atoms with E-state index in [2.05, 4.69) is 95.1 Å². The van der Waals surface area contributed by atoms with Crippen molar-refractivity contribution in [2.45, 2.75) is 45.4 Å². The summed E-state index contributed by atoms with van der Waals surface area (Å²) < 4.78 is 1.93. The highest BCUT2D eigenvalue weighted by atomic mass is 35.5. The quantitative estimate of drug-likeness (QED) is 0.349. The Labute approximate surface area is 192 Å². The fourth-order valence-corrected chi connectivity index (χ4v) is 4.53. The van der Waals surface area contributed by atoms with Crippen LogP contribution >= 0.6 is 22.9 Å². The van der Waals surface area contributed by atoms with E-state index in [-0.39, 0.29) is 11.6 Å². The highest BCUT2D eigenvalue weighted by molar-refractivity contribution is 7.09. The maximum Gasteiger partial charge on any atom is 0.173 e. The lowest BCUT2D eigenvalue weighted by atomic mass is 10.0. The van der Waals surface area contributed by atoms with Crippen molar-refractivity contribution in [1.29, 1.82) is 0 Å². The first-order valence-corrected chi connectivity index (χ1v) is 11.5. The van der Waals surface area contributed by atoms with Crippen LogP contribution in [0.1, 0.15) is 48.6 Å². The molecular formula is C24H26ClN5S. The van der Waals surface area contributed by atoms with Crippen molar-refractivity contribution in [2.24, 2.45) is 0 Å². The van der Waals surface area contributed by atoms with Crippen LogP contribution in [-0.2, 0) is 18.6 Å². The second-order valence-electron chi connectivity index (χ2n) is 8.54. The Bertz CT molecular complexity index is 1090. The molecule has 160 valence electrons. The lowest BCUT2D eigenvalue weighted by Crippen LogP contribution is -2.34. The molecule has 0 fully saturated rings. The first-order valence-electron chi connectivity index (χ1n) is 10.3. The number of halogens is 1. The Kier molecular flexibility index (Phi) is 6.51.